The molecule has 0 aliphatic heterocycles. The molecule has 1 aliphatic carbocycles. The maximum absolute atomic E-state index is 12.7. The largest absolute Gasteiger partial charge is 0.493 e. The smallest absolute Gasteiger partial charge is 0.230 e. The number of thiazole rings is 1. The molecule has 1 amide bonds. The first kappa shape index (κ1) is 21.1. The lowest BCUT2D eigenvalue weighted by molar-refractivity contribution is -0.115. The highest BCUT2D eigenvalue weighted by atomic mass is 32.1. The van der Waals surface area contributed by atoms with Crippen LogP contribution in [0.5, 0.6) is 11.5 Å². The van der Waals surface area contributed by atoms with E-state index in [0.717, 1.165) is 29.0 Å². The van der Waals surface area contributed by atoms with Gasteiger partial charge in [0, 0.05) is 22.2 Å². The number of tetrazole rings is 1. The van der Waals surface area contributed by atoms with E-state index < -0.39 is 0 Å². The predicted molar refractivity (Wildman–Crippen MR) is 125 cm³/mol. The Hall–Kier alpha value is -3.79. The number of nitrogens with zero attached hydrogens (tertiary/aromatic N) is 5. The molecule has 2 aromatic heterocycles. The molecule has 168 valence electrons. The topological polar surface area (TPSA) is 104 Å². The molecule has 4 aromatic rings. The zero-order valence-electron chi connectivity index (χ0n) is 18.2. The number of methoxy groups -OCH3 is 2. The highest BCUT2D eigenvalue weighted by Gasteiger charge is 2.28. The van der Waals surface area contributed by atoms with Crippen molar-refractivity contribution in [3.8, 4) is 33.5 Å². The molecular formula is C23H22N6O3S. The second-order valence-electron chi connectivity index (χ2n) is 7.70. The van der Waals surface area contributed by atoms with Crippen molar-refractivity contribution in [3.63, 3.8) is 0 Å². The number of benzene rings is 2. The summed E-state index contributed by atoms with van der Waals surface area (Å²) in [5.74, 6) is 1.87. The fourth-order valence-corrected chi connectivity index (χ4v) is 4.36. The normalized spacial score (nSPS) is 13.0. The summed E-state index contributed by atoms with van der Waals surface area (Å²) in [6, 6.07) is 13.6. The number of rotatable bonds is 8. The number of amides is 1. The lowest BCUT2D eigenvalue weighted by atomic mass is 10.2. The highest BCUT2D eigenvalue weighted by Crippen LogP contribution is 2.37. The summed E-state index contributed by atoms with van der Waals surface area (Å²) in [6.45, 7) is 0. The number of carbonyl (C=O) groups excluding carboxylic acids is 1. The molecule has 0 saturated heterocycles. The van der Waals surface area contributed by atoms with E-state index in [1.807, 2.05) is 52.5 Å². The summed E-state index contributed by atoms with van der Waals surface area (Å²) in [5.41, 5.74) is 3.17. The van der Waals surface area contributed by atoms with Gasteiger partial charge in [-0.15, -0.1) is 16.4 Å². The maximum atomic E-state index is 12.7. The van der Waals surface area contributed by atoms with E-state index in [2.05, 4.69) is 25.8 Å². The minimum absolute atomic E-state index is 0.141. The zero-order chi connectivity index (χ0) is 22.8. The van der Waals surface area contributed by atoms with Crippen LogP contribution in [0.4, 0.5) is 5.69 Å². The van der Waals surface area contributed by atoms with E-state index in [0.29, 0.717) is 34.7 Å². The first-order valence-corrected chi connectivity index (χ1v) is 11.4. The number of hydrogen-bond donors (Lipinski definition) is 1. The van der Waals surface area contributed by atoms with Crippen LogP contribution in [0.3, 0.4) is 0 Å². The van der Waals surface area contributed by atoms with Crippen molar-refractivity contribution < 1.29 is 14.3 Å². The predicted octanol–water partition coefficient (Wildman–Crippen LogP) is 4.00. The van der Waals surface area contributed by atoms with Gasteiger partial charge in [0.1, 0.15) is 5.01 Å². The Morgan fingerprint density at radius 1 is 1.12 bits per heavy atom. The Morgan fingerprint density at radius 3 is 2.76 bits per heavy atom. The summed E-state index contributed by atoms with van der Waals surface area (Å²) in [6.07, 6.45) is 2.36. The van der Waals surface area contributed by atoms with E-state index in [1.165, 1.54) is 11.3 Å². The van der Waals surface area contributed by atoms with Gasteiger partial charge in [0.05, 0.1) is 32.4 Å². The van der Waals surface area contributed by atoms with Crippen LogP contribution in [0.15, 0.2) is 47.8 Å². The molecule has 5 rings (SSSR count). The first-order chi connectivity index (χ1) is 16.1. The number of ether oxygens (including phenoxy) is 2. The second kappa shape index (κ2) is 8.99. The Balaban J connectivity index is 1.27. The van der Waals surface area contributed by atoms with Crippen molar-refractivity contribution in [1.29, 1.82) is 0 Å². The minimum atomic E-state index is -0.141. The van der Waals surface area contributed by atoms with Gasteiger partial charge in [-0.05, 0) is 53.6 Å². The highest BCUT2D eigenvalue weighted by molar-refractivity contribution is 7.13. The third kappa shape index (κ3) is 4.56. The molecule has 1 aliphatic rings. The Bertz CT molecular complexity index is 1300. The van der Waals surface area contributed by atoms with Gasteiger partial charge < -0.3 is 14.8 Å². The molecule has 0 radical (unpaired) electrons. The van der Waals surface area contributed by atoms with E-state index >= 15 is 0 Å². The quantitative estimate of drug-likeness (QED) is 0.422. The van der Waals surface area contributed by atoms with Crippen LogP contribution in [0, 0.1) is 0 Å². The van der Waals surface area contributed by atoms with Crippen molar-refractivity contribution in [1.82, 2.24) is 25.2 Å². The fourth-order valence-electron chi connectivity index (χ4n) is 3.54. The number of aromatic nitrogens is 5. The lowest BCUT2D eigenvalue weighted by Crippen LogP contribution is -2.14. The van der Waals surface area contributed by atoms with Crippen molar-refractivity contribution in [2.75, 3.05) is 19.5 Å². The summed E-state index contributed by atoms with van der Waals surface area (Å²) in [5, 5.41) is 17.7. The van der Waals surface area contributed by atoms with Crippen LogP contribution in [0.25, 0.3) is 22.0 Å². The van der Waals surface area contributed by atoms with Gasteiger partial charge in [-0.3, -0.25) is 4.79 Å². The fraction of sp³-hybridized carbons (Fsp3) is 0.261. The van der Waals surface area contributed by atoms with Gasteiger partial charge in [0.2, 0.25) is 5.91 Å². The molecule has 9 nitrogen and oxygen atoms in total. The molecule has 2 heterocycles. The Morgan fingerprint density at radius 2 is 1.97 bits per heavy atom. The van der Waals surface area contributed by atoms with E-state index in [1.54, 1.807) is 14.2 Å². The van der Waals surface area contributed by atoms with Crippen LogP contribution in [-0.4, -0.2) is 45.3 Å². The van der Waals surface area contributed by atoms with E-state index in [4.69, 9.17) is 9.47 Å². The third-order valence-corrected chi connectivity index (χ3v) is 6.25. The molecule has 10 heteroatoms. The molecule has 0 bridgehead atoms. The second-order valence-corrected chi connectivity index (χ2v) is 8.56. The lowest BCUT2D eigenvalue weighted by Gasteiger charge is -2.08. The van der Waals surface area contributed by atoms with Gasteiger partial charge in [-0.25, -0.2) is 9.67 Å². The molecule has 33 heavy (non-hydrogen) atoms. The van der Waals surface area contributed by atoms with Gasteiger partial charge in [-0.2, -0.15) is 0 Å². The van der Waals surface area contributed by atoms with Gasteiger partial charge in [0.25, 0.3) is 0 Å². The number of carbonyl (C=O) groups is 1. The molecule has 1 N–H and O–H groups in total. The standard InChI is InChI=1S/C23H22N6O3S/c1-31-19-9-6-15(11-20(19)32-2)23-25-17(13-33-23)12-21(30)24-16-5-3-4-14(10-16)22-26-27-28-29(22)18-7-8-18/h3-6,9-11,13,18H,7-8,12H2,1-2H3,(H,24,30). The van der Waals surface area contributed by atoms with Gasteiger partial charge in [-0.1, -0.05) is 12.1 Å². The zero-order valence-corrected chi connectivity index (χ0v) is 19.0. The molecule has 0 atom stereocenters. The van der Waals surface area contributed by atoms with Crippen LogP contribution in [-0.2, 0) is 11.2 Å². The molecule has 1 fully saturated rings. The first-order valence-electron chi connectivity index (χ1n) is 10.5. The minimum Gasteiger partial charge on any atom is -0.493 e. The van der Waals surface area contributed by atoms with Crippen LogP contribution < -0.4 is 14.8 Å². The molecule has 2 aromatic carbocycles. The van der Waals surface area contributed by atoms with Crippen molar-refractivity contribution >= 4 is 22.9 Å². The molecular weight excluding hydrogens is 440 g/mol. The average Bonchev–Trinajstić information content (AvgIpc) is 3.37. The van der Waals surface area contributed by atoms with Crippen molar-refractivity contribution in [3.05, 3.63) is 53.5 Å². The number of hydrogen-bond acceptors (Lipinski definition) is 8. The molecule has 0 unspecified atom stereocenters. The Labute approximate surface area is 194 Å². The third-order valence-electron chi connectivity index (χ3n) is 5.31. The number of anilines is 1. The van der Waals surface area contributed by atoms with Gasteiger partial charge >= 0.3 is 0 Å². The molecule has 1 saturated carbocycles. The maximum Gasteiger partial charge on any atom is 0.230 e. The van der Waals surface area contributed by atoms with E-state index in [-0.39, 0.29) is 12.3 Å². The summed E-state index contributed by atoms with van der Waals surface area (Å²) < 4.78 is 12.5. The van der Waals surface area contributed by atoms with Crippen molar-refractivity contribution in [2.45, 2.75) is 25.3 Å². The monoisotopic (exact) mass is 462 g/mol. The summed E-state index contributed by atoms with van der Waals surface area (Å²) >= 11 is 1.48. The SMILES string of the molecule is COc1ccc(-c2nc(CC(=O)Nc3cccc(-c4nnnn4C4CC4)c3)cs2)cc1OC. The molecule has 0 spiro atoms. The summed E-state index contributed by atoms with van der Waals surface area (Å²) in [7, 11) is 3.20. The van der Waals surface area contributed by atoms with Gasteiger partial charge in [0.15, 0.2) is 17.3 Å². The average molecular weight is 463 g/mol. The number of nitrogens with one attached hydrogen (secondary N) is 1. The van der Waals surface area contributed by atoms with Crippen LogP contribution in [0.1, 0.15) is 24.6 Å². The Kier molecular flexibility index (Phi) is 5.74. The van der Waals surface area contributed by atoms with Crippen LogP contribution in [0.2, 0.25) is 0 Å². The van der Waals surface area contributed by atoms with E-state index in [9.17, 15) is 4.79 Å². The van der Waals surface area contributed by atoms with Crippen LogP contribution >= 0.6 is 11.3 Å². The van der Waals surface area contributed by atoms with Crippen molar-refractivity contribution in [2.24, 2.45) is 0 Å². The summed E-state index contributed by atoms with van der Waals surface area (Å²) in [4.78, 5) is 17.3.